The maximum absolute atomic E-state index is 12.8. The average molecular weight is 298 g/mol. The fraction of sp³-hybridized carbons (Fsp3) is 0.583. The molecule has 1 fully saturated rings. The Bertz CT molecular complexity index is 598. The fourth-order valence-corrected chi connectivity index (χ4v) is 2.20. The van der Waals surface area contributed by atoms with Crippen LogP contribution >= 0.6 is 0 Å². The molecular weight excluding hydrogens is 282 g/mol. The van der Waals surface area contributed by atoms with E-state index in [1.807, 2.05) is 0 Å². The highest BCUT2D eigenvalue weighted by Gasteiger charge is 2.17. The fourth-order valence-electron chi connectivity index (χ4n) is 2.20. The van der Waals surface area contributed by atoms with Crippen molar-refractivity contribution in [3.63, 3.8) is 0 Å². The standard InChI is InChI=1S/C12H16F2N6O/c13-11(14)12-17-16-10-2-1-9(18-20(10)12)15-3-4-19-5-7-21-8-6-19/h1-2,11H,3-8H2,(H,15,18). The van der Waals surface area contributed by atoms with Gasteiger partial charge < -0.3 is 10.1 Å². The van der Waals surface area contributed by atoms with Crippen LogP contribution in [0.15, 0.2) is 12.1 Å². The van der Waals surface area contributed by atoms with Crippen LogP contribution in [0.25, 0.3) is 5.65 Å². The highest BCUT2D eigenvalue weighted by molar-refractivity contribution is 5.44. The van der Waals surface area contributed by atoms with E-state index in [4.69, 9.17) is 4.74 Å². The van der Waals surface area contributed by atoms with Gasteiger partial charge in [0.1, 0.15) is 5.82 Å². The molecule has 1 N–H and O–H groups in total. The number of morpholine rings is 1. The number of hydrogen-bond donors (Lipinski definition) is 1. The van der Waals surface area contributed by atoms with Gasteiger partial charge in [-0.05, 0) is 12.1 Å². The minimum atomic E-state index is -2.70. The monoisotopic (exact) mass is 298 g/mol. The summed E-state index contributed by atoms with van der Waals surface area (Å²) in [6, 6.07) is 3.32. The smallest absolute Gasteiger partial charge is 0.299 e. The van der Waals surface area contributed by atoms with Crippen molar-refractivity contribution >= 4 is 11.5 Å². The van der Waals surface area contributed by atoms with Crippen LogP contribution in [0.5, 0.6) is 0 Å². The minimum absolute atomic E-state index is 0.309. The van der Waals surface area contributed by atoms with E-state index in [-0.39, 0.29) is 0 Å². The van der Waals surface area contributed by atoms with E-state index in [2.05, 4.69) is 25.5 Å². The second-order valence-corrected chi connectivity index (χ2v) is 4.73. The van der Waals surface area contributed by atoms with Crippen molar-refractivity contribution in [2.45, 2.75) is 6.43 Å². The topological polar surface area (TPSA) is 67.6 Å². The molecule has 1 aliphatic heterocycles. The van der Waals surface area contributed by atoms with Crippen LogP contribution in [0.2, 0.25) is 0 Å². The largest absolute Gasteiger partial charge is 0.379 e. The Morgan fingerprint density at radius 2 is 2.05 bits per heavy atom. The lowest BCUT2D eigenvalue weighted by Crippen LogP contribution is -2.39. The third-order valence-electron chi connectivity index (χ3n) is 3.32. The van der Waals surface area contributed by atoms with E-state index in [0.717, 1.165) is 37.4 Å². The highest BCUT2D eigenvalue weighted by atomic mass is 19.3. The van der Waals surface area contributed by atoms with Crippen LogP contribution in [0.3, 0.4) is 0 Å². The molecule has 0 atom stereocenters. The lowest BCUT2D eigenvalue weighted by Gasteiger charge is -2.26. The maximum Gasteiger partial charge on any atom is 0.299 e. The van der Waals surface area contributed by atoms with Gasteiger partial charge in [-0.15, -0.1) is 15.3 Å². The first kappa shape index (κ1) is 14.1. The van der Waals surface area contributed by atoms with Crippen molar-refractivity contribution in [3.8, 4) is 0 Å². The van der Waals surface area contributed by atoms with E-state index in [1.54, 1.807) is 12.1 Å². The molecule has 3 rings (SSSR count). The molecule has 0 amide bonds. The first-order valence-electron chi connectivity index (χ1n) is 6.78. The van der Waals surface area contributed by atoms with Crippen LogP contribution < -0.4 is 5.32 Å². The summed E-state index contributed by atoms with van der Waals surface area (Å²) in [4.78, 5) is 2.28. The predicted molar refractivity (Wildman–Crippen MR) is 71.5 cm³/mol. The van der Waals surface area contributed by atoms with Crippen molar-refractivity contribution in [1.29, 1.82) is 0 Å². The van der Waals surface area contributed by atoms with Crippen LogP contribution in [0, 0.1) is 0 Å². The molecule has 0 bridgehead atoms. The van der Waals surface area contributed by atoms with Gasteiger partial charge in [0.2, 0.25) is 5.82 Å². The number of rotatable bonds is 5. The molecule has 0 saturated carbocycles. The Balaban J connectivity index is 1.62. The molecule has 7 nitrogen and oxygen atoms in total. The van der Waals surface area contributed by atoms with Gasteiger partial charge in [-0.1, -0.05) is 0 Å². The number of nitrogens with one attached hydrogen (secondary N) is 1. The van der Waals surface area contributed by atoms with Crippen LogP contribution in [0.1, 0.15) is 12.2 Å². The van der Waals surface area contributed by atoms with Gasteiger partial charge in [0, 0.05) is 26.2 Å². The summed E-state index contributed by atoms with van der Waals surface area (Å²) in [6.07, 6.45) is -2.70. The molecule has 2 aromatic rings. The molecule has 0 aromatic carbocycles. The molecule has 0 unspecified atom stereocenters. The normalized spacial score (nSPS) is 16.7. The molecule has 21 heavy (non-hydrogen) atoms. The Hall–Kier alpha value is -1.87. The molecular formula is C12H16F2N6O. The van der Waals surface area contributed by atoms with E-state index in [1.165, 1.54) is 0 Å². The summed E-state index contributed by atoms with van der Waals surface area (Å²) in [5.41, 5.74) is 0.309. The van der Waals surface area contributed by atoms with Gasteiger partial charge in [0.25, 0.3) is 6.43 Å². The zero-order valence-electron chi connectivity index (χ0n) is 11.4. The molecule has 2 aromatic heterocycles. The van der Waals surface area contributed by atoms with Gasteiger partial charge in [0.15, 0.2) is 5.65 Å². The number of hydrogen-bond acceptors (Lipinski definition) is 6. The Kier molecular flexibility index (Phi) is 4.20. The van der Waals surface area contributed by atoms with E-state index >= 15 is 0 Å². The number of anilines is 1. The lowest BCUT2D eigenvalue weighted by molar-refractivity contribution is 0.0398. The summed E-state index contributed by atoms with van der Waals surface area (Å²) in [7, 11) is 0. The van der Waals surface area contributed by atoms with Crippen molar-refractivity contribution in [1.82, 2.24) is 24.7 Å². The van der Waals surface area contributed by atoms with Crippen molar-refractivity contribution in [2.24, 2.45) is 0 Å². The van der Waals surface area contributed by atoms with Gasteiger partial charge in [-0.3, -0.25) is 4.90 Å². The Labute approximate surface area is 119 Å². The zero-order chi connectivity index (χ0) is 14.7. The molecule has 1 aliphatic rings. The molecule has 114 valence electrons. The summed E-state index contributed by atoms with van der Waals surface area (Å²) >= 11 is 0. The predicted octanol–water partition coefficient (Wildman–Crippen LogP) is 0.806. The number of aromatic nitrogens is 4. The van der Waals surface area contributed by atoms with Gasteiger partial charge in [0.05, 0.1) is 13.2 Å². The second kappa shape index (κ2) is 6.27. The quantitative estimate of drug-likeness (QED) is 0.881. The molecule has 1 saturated heterocycles. The number of alkyl halides is 2. The van der Waals surface area contributed by atoms with Crippen molar-refractivity contribution < 1.29 is 13.5 Å². The SMILES string of the molecule is FC(F)c1nnc2ccc(NCCN3CCOCC3)nn12. The van der Waals surface area contributed by atoms with Crippen molar-refractivity contribution in [2.75, 3.05) is 44.7 Å². The number of fused-ring (bicyclic) bond motifs is 1. The lowest BCUT2D eigenvalue weighted by atomic mass is 10.4. The Morgan fingerprint density at radius 1 is 1.24 bits per heavy atom. The molecule has 0 radical (unpaired) electrons. The zero-order valence-corrected chi connectivity index (χ0v) is 11.4. The summed E-state index contributed by atoms with van der Waals surface area (Å²) in [6.45, 7) is 4.87. The molecule has 9 heteroatoms. The highest BCUT2D eigenvalue weighted by Crippen LogP contribution is 2.17. The number of halogens is 2. The van der Waals surface area contributed by atoms with E-state index < -0.39 is 12.2 Å². The second-order valence-electron chi connectivity index (χ2n) is 4.73. The first-order valence-corrected chi connectivity index (χ1v) is 6.78. The molecule has 0 spiro atoms. The minimum Gasteiger partial charge on any atom is -0.379 e. The Morgan fingerprint density at radius 3 is 2.81 bits per heavy atom. The summed E-state index contributed by atoms with van der Waals surface area (Å²) in [5.74, 6) is 0.0827. The van der Waals surface area contributed by atoms with Gasteiger partial charge in [-0.25, -0.2) is 8.78 Å². The van der Waals surface area contributed by atoms with Gasteiger partial charge >= 0.3 is 0 Å². The third kappa shape index (κ3) is 3.24. The summed E-state index contributed by atoms with van der Waals surface area (Å²) in [5, 5.41) is 14.3. The summed E-state index contributed by atoms with van der Waals surface area (Å²) < 4.78 is 31.9. The molecule has 3 heterocycles. The van der Waals surface area contributed by atoms with Crippen LogP contribution in [0.4, 0.5) is 14.6 Å². The van der Waals surface area contributed by atoms with Crippen molar-refractivity contribution in [3.05, 3.63) is 18.0 Å². The first-order chi connectivity index (χ1) is 10.2. The van der Waals surface area contributed by atoms with E-state index in [9.17, 15) is 8.78 Å². The van der Waals surface area contributed by atoms with Gasteiger partial charge in [-0.2, -0.15) is 4.52 Å². The van der Waals surface area contributed by atoms with Crippen LogP contribution in [-0.2, 0) is 4.74 Å². The number of ether oxygens (including phenoxy) is 1. The molecule has 0 aliphatic carbocycles. The third-order valence-corrected chi connectivity index (χ3v) is 3.32. The average Bonchev–Trinajstić information content (AvgIpc) is 2.92. The maximum atomic E-state index is 12.8. The number of nitrogens with zero attached hydrogens (tertiary/aromatic N) is 5. The van der Waals surface area contributed by atoms with Crippen LogP contribution in [-0.4, -0.2) is 64.1 Å². The van der Waals surface area contributed by atoms with E-state index in [0.29, 0.717) is 18.0 Å².